The molecular formula is C20H18F3IN4O. The van der Waals surface area contributed by atoms with Gasteiger partial charge in [0.2, 0.25) is 5.95 Å². The molecule has 3 aromatic rings. The molecule has 0 fully saturated rings. The van der Waals surface area contributed by atoms with Gasteiger partial charge in [0.25, 0.3) is 0 Å². The number of halogens is 4. The number of hydrogen-bond donors (Lipinski definition) is 2. The fourth-order valence-electron chi connectivity index (χ4n) is 2.54. The Morgan fingerprint density at radius 1 is 1.00 bits per heavy atom. The maximum absolute atomic E-state index is 12.6. The number of nitrogens with one attached hydrogen (secondary N) is 2. The third kappa shape index (κ3) is 6.21. The summed E-state index contributed by atoms with van der Waals surface area (Å²) in [6.45, 7) is 3.89. The van der Waals surface area contributed by atoms with Crippen LogP contribution in [0.2, 0.25) is 0 Å². The lowest BCUT2D eigenvalue weighted by atomic mass is 10.1. The molecule has 9 heteroatoms. The lowest BCUT2D eigenvalue weighted by Crippen LogP contribution is -2.17. The fraction of sp³-hybridized carbons (Fsp3) is 0.200. The van der Waals surface area contributed by atoms with Crippen LogP contribution in [0.3, 0.4) is 0 Å². The number of alkyl halides is 3. The molecule has 0 spiro atoms. The first-order valence-corrected chi connectivity index (χ1v) is 9.81. The molecule has 152 valence electrons. The number of aromatic nitrogens is 2. The lowest BCUT2D eigenvalue weighted by Gasteiger charge is -2.14. The SMILES string of the molecule is CC(C)Nc1nc(Nc2ccccc2I)cc(-c2cccc(OC(F)(F)F)c2)n1. The topological polar surface area (TPSA) is 59.1 Å². The Labute approximate surface area is 179 Å². The van der Waals surface area contributed by atoms with E-state index in [1.165, 1.54) is 18.2 Å². The summed E-state index contributed by atoms with van der Waals surface area (Å²) in [4.78, 5) is 8.91. The molecular weight excluding hydrogens is 496 g/mol. The summed E-state index contributed by atoms with van der Waals surface area (Å²) in [7, 11) is 0. The lowest BCUT2D eigenvalue weighted by molar-refractivity contribution is -0.274. The molecule has 0 bridgehead atoms. The van der Waals surface area contributed by atoms with Gasteiger partial charge in [0.1, 0.15) is 11.6 Å². The van der Waals surface area contributed by atoms with Gasteiger partial charge in [0.15, 0.2) is 0 Å². The zero-order valence-corrected chi connectivity index (χ0v) is 17.7. The van der Waals surface area contributed by atoms with Crippen molar-refractivity contribution in [1.29, 1.82) is 0 Å². The minimum atomic E-state index is -4.76. The van der Waals surface area contributed by atoms with Crippen LogP contribution in [-0.4, -0.2) is 22.4 Å². The van der Waals surface area contributed by atoms with Gasteiger partial charge < -0.3 is 15.4 Å². The number of rotatable bonds is 6. The highest BCUT2D eigenvalue weighted by Gasteiger charge is 2.31. The zero-order chi connectivity index (χ0) is 21.0. The second-order valence-electron chi connectivity index (χ2n) is 6.44. The molecule has 0 saturated heterocycles. The van der Waals surface area contributed by atoms with E-state index in [1.54, 1.807) is 12.1 Å². The first kappa shape index (κ1) is 21.2. The average molecular weight is 514 g/mol. The standard InChI is InChI=1S/C20H18F3IN4O/c1-12(2)25-19-27-17(13-6-5-7-14(10-13)29-20(21,22)23)11-18(28-19)26-16-9-4-3-8-15(16)24/h3-12H,1-2H3,(H2,25,26,27,28). The Morgan fingerprint density at radius 2 is 1.76 bits per heavy atom. The second kappa shape index (κ2) is 8.85. The van der Waals surface area contributed by atoms with E-state index in [0.717, 1.165) is 9.26 Å². The number of nitrogens with zero attached hydrogens (tertiary/aromatic N) is 2. The smallest absolute Gasteiger partial charge is 0.406 e. The number of para-hydroxylation sites is 1. The van der Waals surface area contributed by atoms with Crippen LogP contribution in [0.25, 0.3) is 11.3 Å². The predicted molar refractivity (Wildman–Crippen MR) is 115 cm³/mol. The summed E-state index contributed by atoms with van der Waals surface area (Å²) in [5.74, 6) is 0.580. The Kier molecular flexibility index (Phi) is 6.46. The number of hydrogen-bond acceptors (Lipinski definition) is 5. The van der Waals surface area contributed by atoms with Crippen molar-refractivity contribution in [1.82, 2.24) is 9.97 Å². The van der Waals surface area contributed by atoms with Gasteiger partial charge in [-0.15, -0.1) is 13.2 Å². The summed E-state index contributed by atoms with van der Waals surface area (Å²) in [5, 5.41) is 6.37. The van der Waals surface area contributed by atoms with Gasteiger partial charge in [-0.05, 0) is 60.7 Å². The van der Waals surface area contributed by atoms with Crippen molar-refractivity contribution in [3.8, 4) is 17.0 Å². The molecule has 2 N–H and O–H groups in total. The van der Waals surface area contributed by atoms with Crippen LogP contribution in [0.1, 0.15) is 13.8 Å². The molecule has 3 rings (SSSR count). The minimum absolute atomic E-state index is 0.0786. The summed E-state index contributed by atoms with van der Waals surface area (Å²) < 4.78 is 42.7. The maximum Gasteiger partial charge on any atom is 0.573 e. The Hall–Kier alpha value is -2.56. The maximum atomic E-state index is 12.6. The molecule has 0 aliphatic heterocycles. The molecule has 0 saturated carbocycles. The molecule has 0 atom stereocenters. The van der Waals surface area contributed by atoms with Crippen LogP contribution in [0.5, 0.6) is 5.75 Å². The average Bonchev–Trinajstić information content (AvgIpc) is 2.62. The van der Waals surface area contributed by atoms with Crippen LogP contribution in [0.15, 0.2) is 54.6 Å². The normalized spacial score (nSPS) is 11.4. The van der Waals surface area contributed by atoms with Crippen molar-refractivity contribution >= 4 is 40.0 Å². The quantitative estimate of drug-likeness (QED) is 0.383. The summed E-state index contributed by atoms with van der Waals surface area (Å²) in [5.41, 5.74) is 1.80. The fourth-order valence-corrected chi connectivity index (χ4v) is 3.06. The van der Waals surface area contributed by atoms with Crippen LogP contribution in [0.4, 0.5) is 30.6 Å². The van der Waals surface area contributed by atoms with Crippen molar-refractivity contribution in [2.24, 2.45) is 0 Å². The van der Waals surface area contributed by atoms with E-state index in [-0.39, 0.29) is 11.8 Å². The highest BCUT2D eigenvalue weighted by atomic mass is 127. The van der Waals surface area contributed by atoms with Crippen molar-refractivity contribution in [2.75, 3.05) is 10.6 Å². The van der Waals surface area contributed by atoms with Gasteiger partial charge in [-0.3, -0.25) is 0 Å². The Balaban J connectivity index is 1.99. The molecule has 0 aliphatic rings. The summed E-state index contributed by atoms with van der Waals surface area (Å²) in [6.07, 6.45) is -4.76. The Morgan fingerprint density at radius 3 is 2.45 bits per heavy atom. The van der Waals surface area contributed by atoms with E-state index in [2.05, 4.69) is 47.9 Å². The zero-order valence-electron chi connectivity index (χ0n) is 15.6. The largest absolute Gasteiger partial charge is 0.573 e. The number of ether oxygens (including phenoxy) is 1. The van der Waals surface area contributed by atoms with E-state index in [1.807, 2.05) is 38.1 Å². The molecule has 5 nitrogen and oxygen atoms in total. The molecule has 1 heterocycles. The Bertz CT molecular complexity index is 995. The van der Waals surface area contributed by atoms with Crippen molar-refractivity contribution in [2.45, 2.75) is 26.3 Å². The van der Waals surface area contributed by atoms with Crippen molar-refractivity contribution in [3.63, 3.8) is 0 Å². The molecule has 1 aromatic heterocycles. The summed E-state index contributed by atoms with van der Waals surface area (Å²) in [6, 6.07) is 15.2. The minimum Gasteiger partial charge on any atom is -0.406 e. The van der Waals surface area contributed by atoms with Crippen LogP contribution in [0, 0.1) is 3.57 Å². The molecule has 29 heavy (non-hydrogen) atoms. The van der Waals surface area contributed by atoms with Crippen molar-refractivity contribution in [3.05, 3.63) is 58.2 Å². The highest BCUT2D eigenvalue weighted by Crippen LogP contribution is 2.30. The van der Waals surface area contributed by atoms with E-state index >= 15 is 0 Å². The van der Waals surface area contributed by atoms with E-state index in [0.29, 0.717) is 23.0 Å². The van der Waals surface area contributed by atoms with E-state index < -0.39 is 6.36 Å². The van der Waals surface area contributed by atoms with Gasteiger partial charge in [-0.25, -0.2) is 4.98 Å². The third-order valence-corrected chi connectivity index (χ3v) is 4.58. The molecule has 0 radical (unpaired) electrons. The van der Waals surface area contributed by atoms with Crippen LogP contribution >= 0.6 is 22.6 Å². The molecule has 2 aromatic carbocycles. The monoisotopic (exact) mass is 514 g/mol. The first-order chi connectivity index (χ1) is 13.7. The summed E-state index contributed by atoms with van der Waals surface area (Å²) >= 11 is 2.21. The second-order valence-corrected chi connectivity index (χ2v) is 7.60. The number of anilines is 3. The first-order valence-electron chi connectivity index (χ1n) is 8.73. The molecule has 0 aliphatic carbocycles. The van der Waals surface area contributed by atoms with Gasteiger partial charge in [-0.2, -0.15) is 4.98 Å². The number of benzene rings is 2. The van der Waals surface area contributed by atoms with Crippen molar-refractivity contribution < 1.29 is 17.9 Å². The van der Waals surface area contributed by atoms with Crippen LogP contribution in [-0.2, 0) is 0 Å². The van der Waals surface area contributed by atoms with Gasteiger partial charge in [0.05, 0.1) is 11.4 Å². The van der Waals surface area contributed by atoms with Crippen LogP contribution < -0.4 is 15.4 Å². The highest BCUT2D eigenvalue weighted by molar-refractivity contribution is 14.1. The molecule has 0 unspecified atom stereocenters. The third-order valence-electron chi connectivity index (χ3n) is 3.64. The van der Waals surface area contributed by atoms with Gasteiger partial charge in [-0.1, -0.05) is 24.3 Å². The van der Waals surface area contributed by atoms with E-state index in [4.69, 9.17) is 0 Å². The van der Waals surface area contributed by atoms with Gasteiger partial charge >= 0.3 is 6.36 Å². The van der Waals surface area contributed by atoms with Gasteiger partial charge in [0, 0.05) is 21.2 Å². The van der Waals surface area contributed by atoms with E-state index in [9.17, 15) is 13.2 Å². The molecule has 0 amide bonds. The predicted octanol–water partition coefficient (Wildman–Crippen LogP) is 6.21.